The van der Waals surface area contributed by atoms with Crippen molar-refractivity contribution in [2.75, 3.05) is 25.3 Å². The third kappa shape index (κ3) is 2.69. The number of amides is 2. The van der Waals surface area contributed by atoms with Crippen LogP contribution in [0.15, 0.2) is 48.5 Å². The van der Waals surface area contributed by atoms with Gasteiger partial charge in [-0.05, 0) is 36.8 Å². The van der Waals surface area contributed by atoms with Gasteiger partial charge in [0.2, 0.25) is 12.7 Å². The van der Waals surface area contributed by atoms with Gasteiger partial charge in [-0.1, -0.05) is 18.2 Å². The Morgan fingerprint density at radius 2 is 1.88 bits per heavy atom. The van der Waals surface area contributed by atoms with Crippen LogP contribution in [0.3, 0.4) is 0 Å². The minimum atomic E-state index is -0.460. The van der Waals surface area contributed by atoms with Gasteiger partial charge in [-0.15, -0.1) is 0 Å². The Balaban J connectivity index is 1.52. The summed E-state index contributed by atoms with van der Waals surface area (Å²) in [5.41, 5.74) is 1.34. The van der Waals surface area contributed by atoms with Gasteiger partial charge in [0.05, 0.1) is 0 Å². The first-order valence-corrected chi connectivity index (χ1v) is 8.18. The van der Waals surface area contributed by atoms with Crippen molar-refractivity contribution in [3.8, 4) is 11.5 Å². The average molecular weight is 338 g/mol. The molecule has 2 aliphatic heterocycles. The fraction of sp³-hybridized carbons (Fsp3) is 0.263. The van der Waals surface area contributed by atoms with Crippen molar-refractivity contribution in [2.45, 2.75) is 12.5 Å². The lowest BCUT2D eigenvalue weighted by Gasteiger charge is -2.24. The van der Waals surface area contributed by atoms with E-state index in [9.17, 15) is 9.59 Å². The van der Waals surface area contributed by atoms with Gasteiger partial charge < -0.3 is 19.3 Å². The molecule has 2 heterocycles. The van der Waals surface area contributed by atoms with Crippen LogP contribution < -0.4 is 14.4 Å². The van der Waals surface area contributed by atoms with Crippen LogP contribution in [0.25, 0.3) is 0 Å². The highest BCUT2D eigenvalue weighted by molar-refractivity contribution is 6.04. The number of ether oxygens (including phenoxy) is 2. The number of hydrogen-bond donors (Lipinski definition) is 0. The molecule has 0 radical (unpaired) electrons. The molecule has 0 aromatic heterocycles. The molecule has 4 rings (SSSR count). The first-order chi connectivity index (χ1) is 12.1. The van der Waals surface area contributed by atoms with Crippen LogP contribution in [-0.4, -0.2) is 43.1 Å². The first-order valence-electron chi connectivity index (χ1n) is 8.18. The summed E-state index contributed by atoms with van der Waals surface area (Å²) in [6.07, 6.45) is 0.612. The Labute approximate surface area is 145 Å². The number of anilines is 1. The summed E-state index contributed by atoms with van der Waals surface area (Å²) >= 11 is 0. The summed E-state index contributed by atoms with van der Waals surface area (Å²) in [6.45, 7) is 0.766. The molecule has 0 N–H and O–H groups in total. The van der Waals surface area contributed by atoms with E-state index in [-0.39, 0.29) is 18.6 Å². The van der Waals surface area contributed by atoms with Crippen molar-refractivity contribution in [2.24, 2.45) is 0 Å². The monoisotopic (exact) mass is 338 g/mol. The molecular formula is C19H18N2O4. The molecule has 6 nitrogen and oxygen atoms in total. The fourth-order valence-electron chi connectivity index (χ4n) is 3.26. The van der Waals surface area contributed by atoms with E-state index in [1.165, 1.54) is 4.90 Å². The van der Waals surface area contributed by atoms with Crippen molar-refractivity contribution < 1.29 is 19.1 Å². The number of hydrogen-bond acceptors (Lipinski definition) is 4. The molecule has 6 heteroatoms. The van der Waals surface area contributed by atoms with Gasteiger partial charge in [0.15, 0.2) is 11.5 Å². The van der Waals surface area contributed by atoms with Crippen LogP contribution in [0.5, 0.6) is 11.5 Å². The lowest BCUT2D eigenvalue weighted by Crippen LogP contribution is -2.43. The van der Waals surface area contributed by atoms with E-state index in [0.717, 1.165) is 5.69 Å². The lowest BCUT2D eigenvalue weighted by molar-refractivity contribution is -0.120. The molecule has 2 aromatic carbocycles. The zero-order valence-electron chi connectivity index (χ0n) is 13.8. The molecule has 0 bridgehead atoms. The van der Waals surface area contributed by atoms with Gasteiger partial charge in [-0.25, -0.2) is 0 Å². The number of carbonyl (C=O) groups is 2. The number of fused-ring (bicyclic) bond motifs is 1. The normalized spacial score (nSPS) is 18.5. The largest absolute Gasteiger partial charge is 0.454 e. The van der Waals surface area contributed by atoms with Crippen molar-refractivity contribution in [1.82, 2.24) is 4.90 Å². The number of likely N-dealkylation sites (N-methyl/N-ethyl adjacent to an activating group) is 1. The van der Waals surface area contributed by atoms with Crippen molar-refractivity contribution in [3.05, 3.63) is 54.1 Å². The maximum absolute atomic E-state index is 12.8. The maximum Gasteiger partial charge on any atom is 0.254 e. The average Bonchev–Trinajstić information content (AvgIpc) is 3.27. The van der Waals surface area contributed by atoms with Crippen molar-refractivity contribution in [1.29, 1.82) is 0 Å². The number of para-hydroxylation sites is 1. The van der Waals surface area contributed by atoms with Crippen LogP contribution in [-0.2, 0) is 4.79 Å². The minimum Gasteiger partial charge on any atom is -0.454 e. The number of carbonyl (C=O) groups excluding carboxylic acids is 2. The topological polar surface area (TPSA) is 59.1 Å². The van der Waals surface area contributed by atoms with Gasteiger partial charge in [-0.2, -0.15) is 0 Å². The number of nitrogens with zero attached hydrogens (tertiary/aromatic N) is 2. The van der Waals surface area contributed by atoms with E-state index in [1.807, 2.05) is 30.3 Å². The van der Waals surface area contributed by atoms with Crippen LogP contribution in [0, 0.1) is 0 Å². The highest BCUT2D eigenvalue weighted by atomic mass is 16.7. The molecule has 1 fully saturated rings. The molecule has 0 aliphatic carbocycles. The van der Waals surface area contributed by atoms with Crippen molar-refractivity contribution in [3.63, 3.8) is 0 Å². The zero-order chi connectivity index (χ0) is 17.4. The molecule has 2 amide bonds. The second-order valence-electron chi connectivity index (χ2n) is 6.11. The standard InChI is InChI=1S/C19H18N2O4/c1-20(18(22)13-7-8-16-17(11-13)25-12-24-16)15-9-10-21(19(15)23)14-5-3-2-4-6-14/h2-8,11,15H,9-10,12H2,1H3. The van der Waals surface area contributed by atoms with Gasteiger partial charge in [-0.3, -0.25) is 9.59 Å². The Morgan fingerprint density at radius 1 is 1.12 bits per heavy atom. The van der Waals surface area contributed by atoms with Gasteiger partial charge in [0, 0.05) is 24.8 Å². The molecule has 1 unspecified atom stereocenters. The summed E-state index contributed by atoms with van der Waals surface area (Å²) in [4.78, 5) is 28.8. The zero-order valence-corrected chi connectivity index (χ0v) is 13.8. The molecule has 128 valence electrons. The predicted molar refractivity (Wildman–Crippen MR) is 91.9 cm³/mol. The Morgan fingerprint density at radius 3 is 2.68 bits per heavy atom. The second kappa shape index (κ2) is 6.12. The van der Waals surface area contributed by atoms with E-state index >= 15 is 0 Å². The quantitative estimate of drug-likeness (QED) is 0.862. The lowest BCUT2D eigenvalue weighted by atomic mass is 10.1. The Kier molecular flexibility index (Phi) is 3.80. The molecule has 25 heavy (non-hydrogen) atoms. The van der Waals surface area contributed by atoms with E-state index in [4.69, 9.17) is 9.47 Å². The van der Waals surface area contributed by atoms with Crippen LogP contribution >= 0.6 is 0 Å². The molecule has 0 spiro atoms. The molecule has 2 aromatic rings. The van der Waals surface area contributed by atoms with E-state index < -0.39 is 6.04 Å². The van der Waals surface area contributed by atoms with Gasteiger partial charge >= 0.3 is 0 Å². The summed E-state index contributed by atoms with van der Waals surface area (Å²) in [6, 6.07) is 14.1. The van der Waals surface area contributed by atoms with E-state index in [2.05, 4.69) is 0 Å². The molecule has 1 saturated heterocycles. The summed E-state index contributed by atoms with van der Waals surface area (Å²) in [5, 5.41) is 0. The highest BCUT2D eigenvalue weighted by Gasteiger charge is 2.37. The molecular weight excluding hydrogens is 320 g/mol. The molecule has 1 atom stereocenters. The maximum atomic E-state index is 12.8. The third-order valence-electron chi connectivity index (χ3n) is 4.65. The van der Waals surface area contributed by atoms with Crippen molar-refractivity contribution >= 4 is 17.5 Å². The fourth-order valence-corrected chi connectivity index (χ4v) is 3.26. The summed E-state index contributed by atoms with van der Waals surface area (Å²) < 4.78 is 10.6. The summed E-state index contributed by atoms with van der Waals surface area (Å²) in [7, 11) is 1.67. The smallest absolute Gasteiger partial charge is 0.254 e. The van der Waals surface area contributed by atoms with Gasteiger partial charge in [0.1, 0.15) is 6.04 Å². The summed E-state index contributed by atoms with van der Waals surface area (Å²) in [5.74, 6) is 0.934. The van der Waals surface area contributed by atoms with Crippen LogP contribution in [0.4, 0.5) is 5.69 Å². The van der Waals surface area contributed by atoms with Crippen LogP contribution in [0.2, 0.25) is 0 Å². The van der Waals surface area contributed by atoms with E-state index in [1.54, 1.807) is 30.1 Å². The number of benzene rings is 2. The van der Waals surface area contributed by atoms with E-state index in [0.29, 0.717) is 30.0 Å². The Bertz CT molecular complexity index is 821. The number of rotatable bonds is 3. The highest BCUT2D eigenvalue weighted by Crippen LogP contribution is 2.33. The second-order valence-corrected chi connectivity index (χ2v) is 6.11. The Hall–Kier alpha value is -3.02. The first kappa shape index (κ1) is 15.5. The minimum absolute atomic E-state index is 0.0530. The SMILES string of the molecule is CN(C(=O)c1ccc2c(c1)OCO2)C1CCN(c2ccccc2)C1=O. The van der Waals surface area contributed by atoms with Gasteiger partial charge in [0.25, 0.3) is 5.91 Å². The molecule has 0 saturated carbocycles. The third-order valence-corrected chi connectivity index (χ3v) is 4.65. The molecule has 2 aliphatic rings. The predicted octanol–water partition coefficient (Wildman–Crippen LogP) is 2.29. The van der Waals surface area contributed by atoms with Crippen LogP contribution in [0.1, 0.15) is 16.8 Å².